The van der Waals surface area contributed by atoms with Crippen LogP contribution < -0.4 is 10.1 Å². The number of benzene rings is 3. The fraction of sp³-hybridized carbons (Fsp3) is 0.310. The zero-order valence-corrected chi connectivity index (χ0v) is 21.3. The fourth-order valence-electron chi connectivity index (χ4n) is 3.80. The lowest BCUT2D eigenvalue weighted by molar-refractivity contribution is -0.139. The minimum atomic E-state index is -0.611. The fourth-order valence-corrected chi connectivity index (χ4v) is 4.67. The van der Waals surface area contributed by atoms with Gasteiger partial charge in [0.1, 0.15) is 11.8 Å². The molecular formula is C29H34N2O3S. The Hall–Kier alpha value is -3.25. The molecule has 0 aliphatic carbocycles. The smallest absolute Gasteiger partial charge is 0.243 e. The Morgan fingerprint density at radius 1 is 0.914 bits per heavy atom. The van der Waals surface area contributed by atoms with Crippen molar-refractivity contribution in [2.75, 3.05) is 19.4 Å². The second-order valence-electron chi connectivity index (χ2n) is 8.35. The van der Waals surface area contributed by atoms with Gasteiger partial charge in [-0.05, 0) is 35.2 Å². The highest BCUT2D eigenvalue weighted by Crippen LogP contribution is 2.20. The molecule has 0 fully saturated rings. The van der Waals surface area contributed by atoms with Crippen LogP contribution in [0.1, 0.15) is 30.0 Å². The highest BCUT2D eigenvalue weighted by atomic mass is 32.2. The Bertz CT molecular complexity index is 1060. The van der Waals surface area contributed by atoms with E-state index >= 15 is 0 Å². The summed E-state index contributed by atoms with van der Waals surface area (Å²) >= 11 is 1.57. The van der Waals surface area contributed by atoms with E-state index in [-0.39, 0.29) is 11.8 Å². The summed E-state index contributed by atoms with van der Waals surface area (Å²) in [5.74, 6) is 1.58. The average molecular weight is 491 g/mol. The maximum atomic E-state index is 13.6. The van der Waals surface area contributed by atoms with E-state index in [1.54, 1.807) is 23.8 Å². The van der Waals surface area contributed by atoms with Crippen molar-refractivity contribution in [1.29, 1.82) is 0 Å². The summed E-state index contributed by atoms with van der Waals surface area (Å²) in [6.07, 6.45) is 1.29. The number of methoxy groups -OCH3 is 1. The predicted octanol–water partition coefficient (Wildman–Crippen LogP) is 5.09. The summed E-state index contributed by atoms with van der Waals surface area (Å²) in [7, 11) is 1.62. The summed E-state index contributed by atoms with van der Waals surface area (Å²) in [4.78, 5) is 28.6. The molecular weight excluding hydrogens is 456 g/mol. The first-order valence-electron chi connectivity index (χ1n) is 12.0. The Labute approximate surface area is 212 Å². The number of hydrogen-bond acceptors (Lipinski definition) is 4. The minimum Gasteiger partial charge on any atom is -0.497 e. The molecule has 3 rings (SSSR count). The lowest BCUT2D eigenvalue weighted by Gasteiger charge is -2.31. The topological polar surface area (TPSA) is 58.6 Å². The van der Waals surface area contributed by atoms with Gasteiger partial charge in [-0.3, -0.25) is 9.59 Å². The van der Waals surface area contributed by atoms with Crippen molar-refractivity contribution in [3.63, 3.8) is 0 Å². The molecule has 1 N–H and O–H groups in total. The van der Waals surface area contributed by atoms with Crippen LogP contribution in [0.2, 0.25) is 0 Å². The molecule has 0 aromatic heterocycles. The molecule has 2 amide bonds. The van der Waals surface area contributed by atoms with Gasteiger partial charge in [-0.15, -0.1) is 11.8 Å². The first-order valence-corrected chi connectivity index (χ1v) is 13.1. The average Bonchev–Trinajstić information content (AvgIpc) is 2.90. The van der Waals surface area contributed by atoms with Gasteiger partial charge in [0, 0.05) is 25.3 Å². The molecule has 0 heterocycles. The highest BCUT2D eigenvalue weighted by molar-refractivity contribution is 7.99. The largest absolute Gasteiger partial charge is 0.497 e. The first kappa shape index (κ1) is 26.4. The van der Waals surface area contributed by atoms with Gasteiger partial charge in [0.05, 0.1) is 12.9 Å². The van der Waals surface area contributed by atoms with Crippen molar-refractivity contribution in [1.82, 2.24) is 10.2 Å². The molecule has 5 nitrogen and oxygen atoms in total. The zero-order valence-electron chi connectivity index (χ0n) is 20.5. The van der Waals surface area contributed by atoms with Crippen molar-refractivity contribution in [2.45, 2.75) is 38.1 Å². The van der Waals surface area contributed by atoms with Crippen LogP contribution >= 0.6 is 11.8 Å². The van der Waals surface area contributed by atoms with Crippen LogP contribution in [0.4, 0.5) is 0 Å². The van der Waals surface area contributed by atoms with Crippen LogP contribution in [0.5, 0.6) is 5.75 Å². The lowest BCUT2D eigenvalue weighted by atomic mass is 10.0. The zero-order chi connectivity index (χ0) is 24.9. The Morgan fingerprint density at radius 2 is 1.57 bits per heavy atom. The standard InChI is InChI=1S/C29H34N2O3S/c1-3-17-30-29(33)27(19-23-11-6-4-7-12-23)31(20-25-15-10-16-26(18-25)34-2)28(32)22-35-21-24-13-8-5-9-14-24/h4-16,18,27H,3,17,19-22H2,1-2H3,(H,30,33)/t27-/m0/s1. The van der Waals surface area contributed by atoms with Crippen LogP contribution in [0.3, 0.4) is 0 Å². The van der Waals surface area contributed by atoms with Crippen molar-refractivity contribution < 1.29 is 14.3 Å². The van der Waals surface area contributed by atoms with E-state index in [9.17, 15) is 9.59 Å². The minimum absolute atomic E-state index is 0.0543. The number of rotatable bonds is 13. The number of amides is 2. The van der Waals surface area contributed by atoms with Crippen molar-refractivity contribution in [2.24, 2.45) is 0 Å². The number of carbonyl (C=O) groups is 2. The maximum absolute atomic E-state index is 13.6. The first-order chi connectivity index (χ1) is 17.1. The van der Waals surface area contributed by atoms with Crippen LogP contribution in [0.15, 0.2) is 84.9 Å². The van der Waals surface area contributed by atoms with Crippen LogP contribution in [-0.2, 0) is 28.3 Å². The summed E-state index contributed by atoms with van der Waals surface area (Å²) in [6.45, 7) is 2.93. The molecule has 0 aliphatic rings. The molecule has 6 heteroatoms. The molecule has 0 radical (unpaired) electrons. The van der Waals surface area contributed by atoms with Crippen LogP contribution in [-0.4, -0.2) is 42.2 Å². The van der Waals surface area contributed by atoms with E-state index in [0.29, 0.717) is 25.3 Å². The van der Waals surface area contributed by atoms with E-state index < -0.39 is 6.04 Å². The Morgan fingerprint density at radius 3 is 2.23 bits per heavy atom. The van der Waals surface area contributed by atoms with Gasteiger partial charge in [-0.1, -0.05) is 79.7 Å². The molecule has 184 valence electrons. The number of thioether (sulfide) groups is 1. The van der Waals surface area contributed by atoms with Gasteiger partial charge < -0.3 is 15.0 Å². The van der Waals surface area contributed by atoms with Gasteiger partial charge in [0.15, 0.2) is 0 Å². The van der Waals surface area contributed by atoms with E-state index in [1.165, 1.54) is 5.56 Å². The van der Waals surface area contributed by atoms with Gasteiger partial charge in [-0.25, -0.2) is 0 Å². The molecule has 0 saturated heterocycles. The van der Waals surface area contributed by atoms with E-state index in [4.69, 9.17) is 4.74 Å². The van der Waals surface area contributed by atoms with Crippen molar-refractivity contribution >= 4 is 23.6 Å². The molecule has 3 aromatic rings. The van der Waals surface area contributed by atoms with Crippen molar-refractivity contribution in [3.05, 3.63) is 102 Å². The molecule has 3 aromatic carbocycles. The number of nitrogens with zero attached hydrogens (tertiary/aromatic N) is 1. The molecule has 0 unspecified atom stereocenters. The molecule has 0 bridgehead atoms. The number of hydrogen-bond donors (Lipinski definition) is 1. The quantitative estimate of drug-likeness (QED) is 0.362. The second-order valence-corrected chi connectivity index (χ2v) is 9.33. The molecule has 35 heavy (non-hydrogen) atoms. The van der Waals surface area contributed by atoms with Crippen LogP contribution in [0.25, 0.3) is 0 Å². The normalized spacial score (nSPS) is 11.5. The summed E-state index contributed by atoms with van der Waals surface area (Å²) < 4.78 is 5.38. The third kappa shape index (κ3) is 8.48. The third-order valence-electron chi connectivity index (χ3n) is 5.64. The van der Waals surface area contributed by atoms with Gasteiger partial charge >= 0.3 is 0 Å². The third-order valence-corrected chi connectivity index (χ3v) is 6.63. The van der Waals surface area contributed by atoms with Crippen molar-refractivity contribution in [3.8, 4) is 5.75 Å². The monoisotopic (exact) mass is 490 g/mol. The number of nitrogens with one attached hydrogen (secondary N) is 1. The number of ether oxygens (including phenoxy) is 1. The van der Waals surface area contributed by atoms with Gasteiger partial charge in [0.25, 0.3) is 0 Å². The van der Waals surface area contributed by atoms with Gasteiger partial charge in [0.2, 0.25) is 11.8 Å². The molecule has 0 aliphatic heterocycles. The van der Waals surface area contributed by atoms with Gasteiger partial charge in [-0.2, -0.15) is 0 Å². The number of carbonyl (C=O) groups excluding carboxylic acids is 2. The van der Waals surface area contributed by atoms with E-state index in [0.717, 1.165) is 29.1 Å². The maximum Gasteiger partial charge on any atom is 0.243 e. The van der Waals surface area contributed by atoms with E-state index in [1.807, 2.05) is 79.7 Å². The summed E-state index contributed by atoms with van der Waals surface area (Å²) in [5.41, 5.74) is 3.11. The summed E-state index contributed by atoms with van der Waals surface area (Å²) in [6, 6.07) is 27.0. The highest BCUT2D eigenvalue weighted by Gasteiger charge is 2.30. The second kappa shape index (κ2) is 14.2. The Balaban J connectivity index is 1.85. The molecule has 0 saturated carbocycles. The van der Waals surface area contributed by atoms with E-state index in [2.05, 4.69) is 17.4 Å². The Kier molecular flexibility index (Phi) is 10.7. The molecule has 0 spiro atoms. The summed E-state index contributed by atoms with van der Waals surface area (Å²) in [5, 5.41) is 3.01. The lowest BCUT2D eigenvalue weighted by Crippen LogP contribution is -2.51. The predicted molar refractivity (Wildman–Crippen MR) is 143 cm³/mol. The SMILES string of the molecule is CCCNC(=O)[C@H](Cc1ccccc1)N(Cc1cccc(OC)c1)C(=O)CSCc1ccccc1. The molecule has 1 atom stereocenters. The van der Waals surface area contributed by atoms with Crippen LogP contribution in [0, 0.1) is 0 Å².